The third-order valence-electron chi connectivity index (χ3n) is 4.78. The number of carbonyl (C=O) groups excluding carboxylic acids is 1. The van der Waals surface area contributed by atoms with Gasteiger partial charge in [0.05, 0.1) is 18.7 Å². The fourth-order valence-corrected chi connectivity index (χ4v) is 3.30. The monoisotopic (exact) mass is 352 g/mol. The number of fused-ring (bicyclic) bond motifs is 1. The van der Waals surface area contributed by atoms with E-state index in [0.29, 0.717) is 31.2 Å². The number of hydrogen-bond acceptors (Lipinski definition) is 4. The first-order valence-corrected chi connectivity index (χ1v) is 9.01. The number of benzene rings is 1. The minimum Gasteiger partial charge on any atom is -0.463 e. The Labute approximate surface area is 152 Å². The summed E-state index contributed by atoms with van der Waals surface area (Å²) in [6.45, 7) is 3.14. The van der Waals surface area contributed by atoms with Crippen molar-refractivity contribution in [1.29, 1.82) is 0 Å². The van der Waals surface area contributed by atoms with Gasteiger partial charge >= 0.3 is 5.97 Å². The quantitative estimate of drug-likeness (QED) is 0.761. The van der Waals surface area contributed by atoms with Crippen molar-refractivity contribution in [1.82, 2.24) is 4.98 Å². The summed E-state index contributed by atoms with van der Waals surface area (Å²) < 4.78 is 18.4. The molecular formula is C21H21FN2O2. The summed E-state index contributed by atoms with van der Waals surface area (Å²) in [6.07, 6.45) is 6.24. The molecule has 0 N–H and O–H groups in total. The zero-order chi connectivity index (χ0) is 18.1. The topological polar surface area (TPSA) is 42.4 Å². The van der Waals surface area contributed by atoms with Gasteiger partial charge in [0, 0.05) is 18.3 Å². The number of esters is 1. The minimum absolute atomic E-state index is 0.257. The van der Waals surface area contributed by atoms with Crippen molar-refractivity contribution in [2.24, 2.45) is 0 Å². The normalized spacial score (nSPS) is 16.1. The lowest BCUT2D eigenvalue weighted by atomic mass is 10.0. The Hall–Kier alpha value is -2.69. The highest BCUT2D eigenvalue weighted by atomic mass is 19.1. The third-order valence-corrected chi connectivity index (χ3v) is 4.78. The summed E-state index contributed by atoms with van der Waals surface area (Å²) in [5, 5.41) is 0. The molecule has 0 saturated heterocycles. The van der Waals surface area contributed by atoms with Crippen LogP contribution in [0.15, 0.2) is 42.1 Å². The molecule has 1 aromatic carbocycles. The fourth-order valence-electron chi connectivity index (χ4n) is 3.30. The van der Waals surface area contributed by atoms with Crippen LogP contribution < -0.4 is 4.90 Å². The van der Waals surface area contributed by atoms with E-state index in [4.69, 9.17) is 4.74 Å². The standard InChI is InChI=1S/C21H21FN2O2/c1-2-26-21(25)18-10-16-9-17(15-5-6-15)11-23-20(16)24(13-18)12-14-3-7-19(22)8-4-14/h3-4,7-11,15H,2,5-6,12-13H2,1H3. The van der Waals surface area contributed by atoms with Crippen molar-refractivity contribution in [3.8, 4) is 0 Å². The number of anilines is 1. The summed E-state index contributed by atoms with van der Waals surface area (Å²) >= 11 is 0. The van der Waals surface area contributed by atoms with Crippen LogP contribution in [0, 0.1) is 5.82 Å². The lowest BCUT2D eigenvalue weighted by molar-refractivity contribution is -0.138. The van der Waals surface area contributed by atoms with Crippen molar-refractivity contribution < 1.29 is 13.9 Å². The average molecular weight is 352 g/mol. The Balaban J connectivity index is 1.67. The predicted octanol–water partition coefficient (Wildman–Crippen LogP) is 4.06. The highest BCUT2D eigenvalue weighted by Crippen LogP contribution is 2.41. The summed E-state index contributed by atoms with van der Waals surface area (Å²) in [4.78, 5) is 19.0. The van der Waals surface area contributed by atoms with Crippen LogP contribution in [-0.4, -0.2) is 24.1 Å². The van der Waals surface area contributed by atoms with Crippen LogP contribution in [0.4, 0.5) is 10.2 Å². The number of ether oxygens (including phenoxy) is 1. The first-order chi connectivity index (χ1) is 12.6. The van der Waals surface area contributed by atoms with Gasteiger partial charge in [0.25, 0.3) is 0 Å². The molecule has 0 amide bonds. The maximum Gasteiger partial charge on any atom is 0.335 e. The SMILES string of the molecule is CCOC(=O)C1=Cc2cc(C3CC3)cnc2N(Cc2ccc(F)cc2)C1. The Bertz CT molecular complexity index is 857. The largest absolute Gasteiger partial charge is 0.463 e. The van der Waals surface area contributed by atoms with Gasteiger partial charge in [-0.2, -0.15) is 0 Å². The van der Waals surface area contributed by atoms with Gasteiger partial charge in [0.15, 0.2) is 0 Å². The molecule has 0 radical (unpaired) electrons. The predicted molar refractivity (Wildman–Crippen MR) is 98.3 cm³/mol. The molecule has 0 spiro atoms. The minimum atomic E-state index is -0.293. The second-order valence-corrected chi connectivity index (χ2v) is 6.83. The van der Waals surface area contributed by atoms with Crippen LogP contribution in [0.3, 0.4) is 0 Å². The molecule has 0 bridgehead atoms. The first kappa shape index (κ1) is 16.8. The maximum atomic E-state index is 13.2. The molecule has 0 unspecified atom stereocenters. The van der Waals surface area contributed by atoms with Gasteiger partial charge < -0.3 is 9.64 Å². The summed E-state index contributed by atoms with van der Waals surface area (Å²) in [5.74, 6) is 0.901. The van der Waals surface area contributed by atoms with Crippen molar-refractivity contribution >= 4 is 17.9 Å². The van der Waals surface area contributed by atoms with E-state index in [1.54, 1.807) is 19.1 Å². The number of rotatable bonds is 5. The summed E-state index contributed by atoms with van der Waals surface area (Å²) in [7, 11) is 0. The summed E-state index contributed by atoms with van der Waals surface area (Å²) in [5.41, 5.74) is 3.77. The lowest BCUT2D eigenvalue weighted by Gasteiger charge is -2.30. The van der Waals surface area contributed by atoms with Crippen molar-refractivity contribution in [2.75, 3.05) is 18.1 Å². The van der Waals surface area contributed by atoms with Crippen LogP contribution in [0.5, 0.6) is 0 Å². The molecule has 2 aliphatic rings. The number of hydrogen-bond donors (Lipinski definition) is 0. The van der Waals surface area contributed by atoms with Crippen LogP contribution in [-0.2, 0) is 16.1 Å². The van der Waals surface area contributed by atoms with Crippen molar-refractivity contribution in [3.63, 3.8) is 0 Å². The summed E-state index contributed by atoms with van der Waals surface area (Å²) in [6, 6.07) is 8.56. The number of aromatic nitrogens is 1. The van der Waals surface area contributed by atoms with E-state index in [1.165, 1.54) is 30.5 Å². The van der Waals surface area contributed by atoms with Crippen molar-refractivity contribution in [2.45, 2.75) is 32.2 Å². The van der Waals surface area contributed by atoms with Crippen LogP contribution in [0.25, 0.3) is 6.08 Å². The highest BCUT2D eigenvalue weighted by molar-refractivity contribution is 5.97. The van der Waals surface area contributed by atoms with Gasteiger partial charge in [0.1, 0.15) is 11.6 Å². The second kappa shape index (κ2) is 6.90. The molecule has 1 saturated carbocycles. The Morgan fingerprint density at radius 2 is 2.08 bits per heavy atom. The molecule has 1 fully saturated rings. The second-order valence-electron chi connectivity index (χ2n) is 6.83. The molecule has 4 rings (SSSR count). The Morgan fingerprint density at radius 3 is 2.77 bits per heavy atom. The number of pyridine rings is 1. The zero-order valence-electron chi connectivity index (χ0n) is 14.7. The lowest BCUT2D eigenvalue weighted by Crippen LogP contribution is -2.32. The number of nitrogens with zero attached hydrogens (tertiary/aromatic N) is 2. The van der Waals surface area contributed by atoms with Crippen LogP contribution >= 0.6 is 0 Å². The van der Waals surface area contributed by atoms with Gasteiger partial charge in [-0.3, -0.25) is 0 Å². The van der Waals surface area contributed by atoms with Crippen LogP contribution in [0.1, 0.15) is 42.4 Å². The Kier molecular flexibility index (Phi) is 4.45. The van der Waals surface area contributed by atoms with E-state index in [1.807, 2.05) is 17.2 Å². The van der Waals surface area contributed by atoms with Gasteiger partial charge in [0.2, 0.25) is 0 Å². The molecule has 4 nitrogen and oxygen atoms in total. The molecule has 2 heterocycles. The maximum absolute atomic E-state index is 13.2. The van der Waals surface area contributed by atoms with E-state index in [9.17, 15) is 9.18 Å². The van der Waals surface area contributed by atoms with E-state index in [2.05, 4.69) is 11.1 Å². The molecular weight excluding hydrogens is 331 g/mol. The van der Waals surface area contributed by atoms with Gasteiger partial charge in [-0.15, -0.1) is 0 Å². The molecule has 26 heavy (non-hydrogen) atoms. The van der Waals surface area contributed by atoms with E-state index >= 15 is 0 Å². The number of halogens is 1. The van der Waals surface area contributed by atoms with E-state index in [0.717, 1.165) is 16.9 Å². The van der Waals surface area contributed by atoms with Gasteiger partial charge in [-0.25, -0.2) is 14.2 Å². The first-order valence-electron chi connectivity index (χ1n) is 9.01. The molecule has 1 aliphatic carbocycles. The zero-order valence-corrected chi connectivity index (χ0v) is 14.7. The Morgan fingerprint density at radius 1 is 1.31 bits per heavy atom. The van der Waals surface area contributed by atoms with Crippen LogP contribution in [0.2, 0.25) is 0 Å². The van der Waals surface area contributed by atoms with Gasteiger partial charge in [-0.05, 0) is 61.1 Å². The molecule has 1 aliphatic heterocycles. The number of carbonyl (C=O) groups is 1. The van der Waals surface area contributed by atoms with Gasteiger partial charge in [-0.1, -0.05) is 12.1 Å². The average Bonchev–Trinajstić information content (AvgIpc) is 3.48. The molecule has 0 atom stereocenters. The van der Waals surface area contributed by atoms with Crippen molar-refractivity contribution in [3.05, 3.63) is 64.6 Å². The third kappa shape index (κ3) is 3.47. The molecule has 1 aromatic heterocycles. The van der Waals surface area contributed by atoms with E-state index in [-0.39, 0.29) is 11.8 Å². The van der Waals surface area contributed by atoms with E-state index < -0.39 is 0 Å². The molecule has 2 aromatic rings. The smallest absolute Gasteiger partial charge is 0.335 e. The molecule has 5 heteroatoms. The fraction of sp³-hybridized carbons (Fsp3) is 0.333. The molecule has 134 valence electrons. The highest BCUT2D eigenvalue weighted by Gasteiger charge is 2.28.